The summed E-state index contributed by atoms with van der Waals surface area (Å²) in [5.74, 6) is 0.332. The number of halogens is 1. The third-order valence-electron chi connectivity index (χ3n) is 5.31. The predicted octanol–water partition coefficient (Wildman–Crippen LogP) is 2.42. The molecule has 2 aromatic rings. The zero-order valence-electron chi connectivity index (χ0n) is 15.8. The van der Waals surface area contributed by atoms with E-state index in [0.29, 0.717) is 23.6 Å². The fourth-order valence-electron chi connectivity index (χ4n) is 3.66. The zero-order chi connectivity index (χ0) is 19.4. The average molecular weight is 408 g/mol. The summed E-state index contributed by atoms with van der Waals surface area (Å²) in [6, 6.07) is 7.01. The Kier molecular flexibility index (Phi) is 7.39. The molecule has 1 aliphatic rings. The second-order valence-electron chi connectivity index (χ2n) is 6.98. The maximum absolute atomic E-state index is 12.8. The molecule has 3 N–H and O–H groups in total. The molecule has 0 aliphatic heterocycles. The quantitative estimate of drug-likeness (QED) is 0.433. The van der Waals surface area contributed by atoms with Crippen molar-refractivity contribution in [3.8, 4) is 5.69 Å². The Bertz CT molecular complexity index is 866. The van der Waals surface area contributed by atoms with Crippen LogP contribution in [0.4, 0.5) is 0 Å². The standard InChI is InChI=1S/C19H25N5O3.ClH/c1-27-17(25)11-4-13-2-7-15(8-3-13)23-12-22-24(19(23)26)16-9-5-14(6-10-16)18(20)21;/h5-6,9-10,12-13,15H,2-4,7-8,11H2,1H3,(H3,20,21);1H/t13-,15-;. The minimum Gasteiger partial charge on any atom is -0.469 e. The van der Waals surface area contributed by atoms with Crippen LogP contribution >= 0.6 is 12.4 Å². The van der Waals surface area contributed by atoms with Gasteiger partial charge in [-0.2, -0.15) is 9.78 Å². The highest BCUT2D eigenvalue weighted by atomic mass is 35.5. The van der Waals surface area contributed by atoms with E-state index in [2.05, 4.69) is 5.10 Å². The van der Waals surface area contributed by atoms with Crippen molar-refractivity contribution >= 4 is 24.2 Å². The van der Waals surface area contributed by atoms with Crippen LogP contribution in [0.5, 0.6) is 0 Å². The van der Waals surface area contributed by atoms with Gasteiger partial charge in [-0.1, -0.05) is 0 Å². The molecule has 0 spiro atoms. The first-order chi connectivity index (χ1) is 13.0. The number of hydrogen-bond donors (Lipinski definition) is 2. The summed E-state index contributed by atoms with van der Waals surface area (Å²) in [6.45, 7) is 0. The smallest absolute Gasteiger partial charge is 0.350 e. The summed E-state index contributed by atoms with van der Waals surface area (Å²) in [5, 5.41) is 11.7. The van der Waals surface area contributed by atoms with Gasteiger partial charge in [0.05, 0.1) is 12.8 Å². The number of nitrogen functional groups attached to an aromatic ring is 1. The largest absolute Gasteiger partial charge is 0.469 e. The summed E-state index contributed by atoms with van der Waals surface area (Å²) in [5.41, 5.74) is 6.55. The lowest BCUT2D eigenvalue weighted by Gasteiger charge is -2.28. The molecule has 1 aromatic heterocycles. The molecule has 0 unspecified atom stereocenters. The highest BCUT2D eigenvalue weighted by Crippen LogP contribution is 2.33. The summed E-state index contributed by atoms with van der Waals surface area (Å²) >= 11 is 0. The van der Waals surface area contributed by atoms with Gasteiger partial charge in [0.2, 0.25) is 0 Å². The molecule has 0 saturated heterocycles. The Morgan fingerprint density at radius 2 is 1.89 bits per heavy atom. The number of esters is 1. The van der Waals surface area contributed by atoms with E-state index in [4.69, 9.17) is 15.9 Å². The number of amidine groups is 1. The van der Waals surface area contributed by atoms with Gasteiger partial charge in [0.1, 0.15) is 12.2 Å². The number of ether oxygens (including phenoxy) is 1. The Labute approximate surface area is 169 Å². The van der Waals surface area contributed by atoms with Crippen LogP contribution in [0.3, 0.4) is 0 Å². The Hall–Kier alpha value is -2.61. The van der Waals surface area contributed by atoms with Gasteiger partial charge in [0.25, 0.3) is 0 Å². The van der Waals surface area contributed by atoms with E-state index in [1.165, 1.54) is 11.8 Å². The molecule has 1 aromatic carbocycles. The number of hydrogen-bond acceptors (Lipinski definition) is 5. The molecular weight excluding hydrogens is 382 g/mol. The topological polar surface area (TPSA) is 116 Å². The number of rotatable bonds is 6. The van der Waals surface area contributed by atoms with Gasteiger partial charge in [0.15, 0.2) is 0 Å². The van der Waals surface area contributed by atoms with Crippen LogP contribution in [-0.2, 0) is 9.53 Å². The van der Waals surface area contributed by atoms with Crippen LogP contribution < -0.4 is 11.4 Å². The molecule has 1 saturated carbocycles. The second kappa shape index (κ2) is 9.54. The van der Waals surface area contributed by atoms with Gasteiger partial charge >= 0.3 is 11.7 Å². The molecule has 1 heterocycles. The van der Waals surface area contributed by atoms with E-state index >= 15 is 0 Å². The minimum absolute atomic E-state index is 0. The van der Waals surface area contributed by atoms with Gasteiger partial charge in [-0.15, -0.1) is 12.4 Å². The third-order valence-corrected chi connectivity index (χ3v) is 5.31. The van der Waals surface area contributed by atoms with E-state index in [0.717, 1.165) is 32.1 Å². The fraction of sp³-hybridized carbons (Fsp3) is 0.474. The van der Waals surface area contributed by atoms with Crippen molar-refractivity contribution in [2.24, 2.45) is 11.7 Å². The van der Waals surface area contributed by atoms with Crippen molar-refractivity contribution in [2.45, 2.75) is 44.6 Å². The lowest BCUT2D eigenvalue weighted by atomic mass is 9.83. The summed E-state index contributed by atoms with van der Waals surface area (Å²) < 4.78 is 7.77. The van der Waals surface area contributed by atoms with Crippen LogP contribution in [0.2, 0.25) is 0 Å². The molecule has 8 nitrogen and oxygen atoms in total. The van der Waals surface area contributed by atoms with Crippen LogP contribution in [0.15, 0.2) is 35.4 Å². The van der Waals surface area contributed by atoms with E-state index in [1.807, 2.05) is 0 Å². The molecule has 1 aliphatic carbocycles. The Morgan fingerprint density at radius 3 is 2.46 bits per heavy atom. The number of carbonyl (C=O) groups excluding carboxylic acids is 1. The van der Waals surface area contributed by atoms with Crippen molar-refractivity contribution in [3.63, 3.8) is 0 Å². The van der Waals surface area contributed by atoms with Crippen molar-refractivity contribution < 1.29 is 9.53 Å². The molecule has 9 heteroatoms. The van der Waals surface area contributed by atoms with E-state index in [1.54, 1.807) is 35.2 Å². The van der Waals surface area contributed by atoms with Gasteiger partial charge in [-0.3, -0.25) is 14.8 Å². The highest BCUT2D eigenvalue weighted by molar-refractivity contribution is 5.95. The number of carbonyl (C=O) groups is 1. The lowest BCUT2D eigenvalue weighted by Crippen LogP contribution is -2.29. The van der Waals surface area contributed by atoms with Crippen LogP contribution in [0.1, 0.15) is 50.1 Å². The fourth-order valence-corrected chi connectivity index (χ4v) is 3.66. The first-order valence-electron chi connectivity index (χ1n) is 9.17. The number of aromatic nitrogens is 3. The first-order valence-corrected chi connectivity index (χ1v) is 9.17. The van der Waals surface area contributed by atoms with E-state index < -0.39 is 0 Å². The van der Waals surface area contributed by atoms with E-state index in [9.17, 15) is 9.59 Å². The third kappa shape index (κ3) is 4.81. The monoisotopic (exact) mass is 407 g/mol. The van der Waals surface area contributed by atoms with Gasteiger partial charge in [-0.05, 0) is 62.3 Å². The summed E-state index contributed by atoms with van der Waals surface area (Å²) in [7, 11) is 1.41. The molecule has 0 radical (unpaired) electrons. The van der Waals surface area contributed by atoms with Crippen molar-refractivity contribution in [1.29, 1.82) is 5.41 Å². The second-order valence-corrected chi connectivity index (χ2v) is 6.98. The summed E-state index contributed by atoms with van der Waals surface area (Å²) in [4.78, 5) is 24.0. The average Bonchev–Trinajstić information content (AvgIpc) is 3.08. The predicted molar refractivity (Wildman–Crippen MR) is 108 cm³/mol. The van der Waals surface area contributed by atoms with Gasteiger partial charge in [0, 0.05) is 18.0 Å². The molecular formula is C19H26ClN5O3. The molecule has 0 bridgehead atoms. The number of benzene rings is 1. The normalized spacial score (nSPS) is 18.9. The molecule has 1 fully saturated rings. The highest BCUT2D eigenvalue weighted by Gasteiger charge is 2.25. The van der Waals surface area contributed by atoms with Crippen LogP contribution in [0, 0.1) is 11.3 Å². The number of methoxy groups -OCH3 is 1. The first kappa shape index (κ1) is 21.7. The van der Waals surface area contributed by atoms with Gasteiger partial charge in [-0.25, -0.2) is 4.79 Å². The molecule has 28 heavy (non-hydrogen) atoms. The van der Waals surface area contributed by atoms with Crippen molar-refractivity contribution in [1.82, 2.24) is 14.3 Å². The van der Waals surface area contributed by atoms with Crippen molar-refractivity contribution in [2.75, 3.05) is 7.11 Å². The Morgan fingerprint density at radius 1 is 1.25 bits per heavy atom. The van der Waals surface area contributed by atoms with Crippen molar-refractivity contribution in [3.05, 3.63) is 46.6 Å². The van der Waals surface area contributed by atoms with E-state index in [-0.39, 0.29) is 35.9 Å². The maximum atomic E-state index is 12.8. The molecule has 152 valence electrons. The minimum atomic E-state index is -0.163. The SMILES string of the molecule is COC(=O)CC[C@H]1CC[C@H](n2cnn(-c3ccc(C(=N)N)cc3)c2=O)CC1.Cl. The van der Waals surface area contributed by atoms with Gasteiger partial charge < -0.3 is 10.5 Å². The van der Waals surface area contributed by atoms with Crippen LogP contribution in [0.25, 0.3) is 5.69 Å². The summed E-state index contributed by atoms with van der Waals surface area (Å²) in [6.07, 6.45) is 6.69. The lowest BCUT2D eigenvalue weighted by molar-refractivity contribution is -0.141. The zero-order valence-corrected chi connectivity index (χ0v) is 16.7. The molecule has 3 rings (SSSR count). The molecule has 0 atom stereocenters. The maximum Gasteiger partial charge on any atom is 0.350 e. The number of nitrogens with zero attached hydrogens (tertiary/aromatic N) is 3. The number of nitrogens with one attached hydrogen (secondary N) is 1. The van der Waals surface area contributed by atoms with Crippen LogP contribution in [-0.4, -0.2) is 33.3 Å². The Balaban J connectivity index is 0.00000280. The molecule has 0 amide bonds. The number of nitrogens with two attached hydrogens (primary N) is 1.